The molecule has 5 rings (SSSR count). The Morgan fingerprint density at radius 1 is 1.30 bits per heavy atom. The van der Waals surface area contributed by atoms with Crippen molar-refractivity contribution in [2.45, 2.75) is 83.4 Å². The van der Waals surface area contributed by atoms with Crippen LogP contribution >= 0.6 is 0 Å². The number of nitrogens with one attached hydrogen (secondary N) is 2. The Morgan fingerprint density at radius 2 is 1.97 bits per heavy atom. The molecule has 4 fully saturated rings. The molecule has 33 heavy (non-hydrogen) atoms. The van der Waals surface area contributed by atoms with Crippen LogP contribution in [0.15, 0.2) is 12.3 Å². The van der Waals surface area contributed by atoms with E-state index >= 15 is 0 Å². The minimum Gasteiger partial charge on any atom is -0.453 e. The normalized spacial score (nSPS) is 30.8. The SMILES string of the molecule is COC(=O)NC(C)(C)C=Cn1ncc(C(=O)NC2C3CC4CC2CC(O)(C4)C3)c1CC(C)C. The minimum atomic E-state index is -0.642. The fraction of sp³-hybridized carbons (Fsp3) is 0.720. The molecular formula is C25H38N4O4. The molecule has 1 aromatic rings. The van der Waals surface area contributed by atoms with Crippen LogP contribution in [-0.4, -0.2) is 51.2 Å². The quantitative estimate of drug-likeness (QED) is 0.581. The van der Waals surface area contributed by atoms with Crippen LogP contribution in [0.5, 0.6) is 0 Å². The number of carbonyl (C=O) groups excluding carboxylic acids is 2. The maximum absolute atomic E-state index is 13.4. The van der Waals surface area contributed by atoms with Crippen molar-refractivity contribution in [3.05, 3.63) is 23.5 Å². The van der Waals surface area contributed by atoms with Crippen molar-refractivity contribution in [3.63, 3.8) is 0 Å². The van der Waals surface area contributed by atoms with Crippen molar-refractivity contribution < 1.29 is 19.4 Å². The zero-order valence-electron chi connectivity index (χ0n) is 20.4. The van der Waals surface area contributed by atoms with Crippen molar-refractivity contribution >= 4 is 18.2 Å². The van der Waals surface area contributed by atoms with E-state index in [9.17, 15) is 14.7 Å². The molecule has 0 spiro atoms. The molecule has 8 heteroatoms. The number of aromatic nitrogens is 2. The first kappa shape index (κ1) is 23.8. The molecule has 8 nitrogen and oxygen atoms in total. The molecule has 1 aromatic heterocycles. The van der Waals surface area contributed by atoms with E-state index in [0.717, 1.165) is 37.8 Å². The molecule has 2 unspecified atom stereocenters. The Balaban J connectivity index is 1.52. The number of alkyl carbamates (subject to hydrolysis) is 1. The first-order chi connectivity index (χ1) is 15.5. The van der Waals surface area contributed by atoms with Crippen LogP contribution in [0.1, 0.15) is 75.9 Å². The average molecular weight is 459 g/mol. The first-order valence-electron chi connectivity index (χ1n) is 12.1. The van der Waals surface area contributed by atoms with Crippen molar-refractivity contribution in [3.8, 4) is 0 Å². The lowest BCUT2D eigenvalue weighted by Gasteiger charge is -2.58. The zero-order chi connectivity index (χ0) is 24.0. The molecule has 2 amide bonds. The predicted octanol–water partition coefficient (Wildman–Crippen LogP) is 3.36. The van der Waals surface area contributed by atoms with Gasteiger partial charge in [0.1, 0.15) is 0 Å². The van der Waals surface area contributed by atoms with E-state index in [-0.39, 0.29) is 11.9 Å². The Kier molecular flexibility index (Phi) is 6.33. The van der Waals surface area contributed by atoms with Crippen LogP contribution in [-0.2, 0) is 11.2 Å². The average Bonchev–Trinajstić information content (AvgIpc) is 3.09. The minimum absolute atomic E-state index is 0.0818. The van der Waals surface area contributed by atoms with Gasteiger partial charge in [0.2, 0.25) is 0 Å². The van der Waals surface area contributed by atoms with Gasteiger partial charge in [-0.1, -0.05) is 13.8 Å². The Bertz CT molecular complexity index is 919. The Morgan fingerprint density at radius 3 is 2.55 bits per heavy atom. The van der Waals surface area contributed by atoms with Crippen LogP contribution in [0.2, 0.25) is 0 Å². The van der Waals surface area contributed by atoms with Crippen molar-refractivity contribution in [2.24, 2.45) is 23.7 Å². The number of hydrogen-bond acceptors (Lipinski definition) is 5. The Hall–Kier alpha value is -2.35. The van der Waals surface area contributed by atoms with E-state index < -0.39 is 17.2 Å². The third-order valence-electron chi connectivity index (χ3n) is 7.53. The third-order valence-corrected chi connectivity index (χ3v) is 7.53. The van der Waals surface area contributed by atoms with Gasteiger partial charge in [0.15, 0.2) is 0 Å². The second-order valence-corrected chi connectivity index (χ2v) is 11.4. The number of ether oxygens (including phenoxy) is 1. The largest absolute Gasteiger partial charge is 0.453 e. The van der Waals surface area contributed by atoms with E-state index in [4.69, 9.17) is 4.74 Å². The molecule has 1 heterocycles. The number of amides is 2. The van der Waals surface area contributed by atoms with Gasteiger partial charge >= 0.3 is 6.09 Å². The monoisotopic (exact) mass is 458 g/mol. The fourth-order valence-corrected chi connectivity index (χ4v) is 6.35. The summed E-state index contributed by atoms with van der Waals surface area (Å²) in [6.45, 7) is 7.95. The van der Waals surface area contributed by atoms with E-state index in [2.05, 4.69) is 29.6 Å². The van der Waals surface area contributed by atoms with Crippen LogP contribution in [0.4, 0.5) is 4.79 Å². The van der Waals surface area contributed by atoms with Crippen LogP contribution in [0.3, 0.4) is 0 Å². The van der Waals surface area contributed by atoms with Crippen molar-refractivity contribution in [1.29, 1.82) is 0 Å². The van der Waals surface area contributed by atoms with Crippen molar-refractivity contribution in [1.82, 2.24) is 20.4 Å². The second kappa shape index (κ2) is 8.78. The molecule has 0 aliphatic heterocycles. The highest BCUT2D eigenvalue weighted by molar-refractivity contribution is 5.95. The number of rotatable bonds is 7. The second-order valence-electron chi connectivity index (χ2n) is 11.4. The molecule has 4 aliphatic rings. The summed E-state index contributed by atoms with van der Waals surface area (Å²) < 4.78 is 6.43. The summed E-state index contributed by atoms with van der Waals surface area (Å²) >= 11 is 0. The molecule has 0 aromatic carbocycles. The third kappa shape index (κ3) is 5.10. The first-order valence-corrected chi connectivity index (χ1v) is 12.1. The van der Waals surface area contributed by atoms with Crippen LogP contribution in [0, 0.1) is 23.7 Å². The summed E-state index contributed by atoms with van der Waals surface area (Å²) in [5.41, 5.74) is 0.299. The highest BCUT2D eigenvalue weighted by atomic mass is 16.5. The maximum atomic E-state index is 13.4. The molecule has 182 valence electrons. The van der Waals surface area contributed by atoms with E-state index in [1.54, 1.807) is 17.1 Å². The summed E-state index contributed by atoms with van der Waals surface area (Å²) in [7, 11) is 1.33. The van der Waals surface area contributed by atoms with E-state index in [1.807, 2.05) is 19.9 Å². The molecule has 0 saturated heterocycles. The number of hydrogen-bond donors (Lipinski definition) is 3. The molecule has 0 radical (unpaired) electrons. The Labute approximate surface area is 196 Å². The molecule has 4 aliphatic carbocycles. The number of carbonyl (C=O) groups is 2. The molecule has 4 bridgehead atoms. The lowest BCUT2D eigenvalue weighted by Crippen LogP contribution is -2.61. The van der Waals surface area contributed by atoms with Gasteiger partial charge in [0.05, 0.1) is 35.7 Å². The zero-order valence-corrected chi connectivity index (χ0v) is 20.4. The van der Waals surface area contributed by atoms with E-state index in [0.29, 0.717) is 35.7 Å². The standard InChI is InChI=1S/C25H38N4O4/c1-15(2)8-20-19(14-26-29(20)7-6-24(3,4)28-23(31)33-5)22(30)27-21-17-9-16-10-18(21)13-25(32,11-16)12-17/h6-7,14-18,21,32H,8-13H2,1-5H3,(H,27,30)(H,28,31). The van der Waals surface area contributed by atoms with Gasteiger partial charge < -0.3 is 20.5 Å². The van der Waals surface area contributed by atoms with Gasteiger partial charge in [-0.2, -0.15) is 5.10 Å². The van der Waals surface area contributed by atoms with Gasteiger partial charge in [0, 0.05) is 12.2 Å². The topological polar surface area (TPSA) is 105 Å². The highest BCUT2D eigenvalue weighted by Gasteiger charge is 2.55. The van der Waals surface area contributed by atoms with Crippen molar-refractivity contribution in [2.75, 3.05) is 7.11 Å². The summed E-state index contributed by atoms with van der Waals surface area (Å²) in [6.07, 6.45) is 10.2. The predicted molar refractivity (Wildman–Crippen MR) is 125 cm³/mol. The molecule has 2 atom stereocenters. The molecule has 3 N–H and O–H groups in total. The van der Waals surface area contributed by atoms with Gasteiger partial charge in [-0.05, 0) is 82.1 Å². The molecular weight excluding hydrogens is 420 g/mol. The highest BCUT2D eigenvalue weighted by Crippen LogP contribution is 2.55. The lowest BCUT2D eigenvalue weighted by atomic mass is 9.52. The van der Waals surface area contributed by atoms with E-state index in [1.165, 1.54) is 7.11 Å². The summed E-state index contributed by atoms with van der Waals surface area (Å²) in [4.78, 5) is 25.0. The van der Waals surface area contributed by atoms with Crippen LogP contribution in [0.25, 0.3) is 6.20 Å². The van der Waals surface area contributed by atoms with Crippen LogP contribution < -0.4 is 10.6 Å². The summed E-state index contributed by atoms with van der Waals surface area (Å²) in [6, 6.07) is 0.128. The summed E-state index contributed by atoms with van der Waals surface area (Å²) in [5.74, 6) is 1.59. The summed E-state index contributed by atoms with van der Waals surface area (Å²) in [5, 5.41) is 21.4. The number of aliphatic hydroxyl groups is 1. The van der Waals surface area contributed by atoms with Gasteiger partial charge in [-0.3, -0.25) is 4.79 Å². The maximum Gasteiger partial charge on any atom is 0.407 e. The van der Waals surface area contributed by atoms with Gasteiger partial charge in [-0.15, -0.1) is 0 Å². The number of nitrogens with zero attached hydrogens (tertiary/aromatic N) is 2. The molecule has 4 saturated carbocycles. The lowest BCUT2D eigenvalue weighted by molar-refractivity contribution is -0.136. The van der Waals surface area contributed by atoms with Gasteiger partial charge in [0.25, 0.3) is 5.91 Å². The van der Waals surface area contributed by atoms with Gasteiger partial charge in [-0.25, -0.2) is 9.48 Å². The fourth-order valence-electron chi connectivity index (χ4n) is 6.35. The number of methoxy groups -OCH3 is 1. The smallest absolute Gasteiger partial charge is 0.407 e.